The highest BCUT2D eigenvalue weighted by molar-refractivity contribution is 14.2. The lowest BCUT2D eigenvalue weighted by Crippen LogP contribution is -2.34. The van der Waals surface area contributed by atoms with Gasteiger partial charge in [-0.25, -0.2) is 9.99 Å². The molecule has 2 unspecified atom stereocenters. The predicted molar refractivity (Wildman–Crippen MR) is 93.6 cm³/mol. The van der Waals surface area contributed by atoms with Gasteiger partial charge in [0.15, 0.2) is 5.82 Å². The van der Waals surface area contributed by atoms with Crippen molar-refractivity contribution in [3.63, 3.8) is 0 Å². The molecule has 6 nitrogen and oxygen atoms in total. The topological polar surface area (TPSA) is 59.3 Å². The molecule has 1 fully saturated rings. The Bertz CT molecular complexity index is 568. The molecule has 0 bridgehead atoms. The van der Waals surface area contributed by atoms with Crippen molar-refractivity contribution in [1.29, 1.82) is 5.26 Å². The van der Waals surface area contributed by atoms with E-state index in [2.05, 4.69) is 61.8 Å². The maximum atomic E-state index is 8.99. The van der Waals surface area contributed by atoms with Crippen LogP contribution in [-0.2, 0) is 0 Å². The van der Waals surface area contributed by atoms with Crippen molar-refractivity contribution >= 4 is 40.1 Å². The molecule has 1 saturated heterocycles. The molecule has 0 radical (unpaired) electrons. The Morgan fingerprint density at radius 3 is 2.76 bits per heavy atom. The van der Waals surface area contributed by atoms with E-state index < -0.39 is 0 Å². The second-order valence-corrected chi connectivity index (χ2v) is 7.51. The third kappa shape index (κ3) is 2.69. The number of anilines is 2. The minimum Gasteiger partial charge on any atom is -0.355 e. The molecule has 2 atom stereocenters. The van der Waals surface area contributed by atoms with E-state index in [-0.39, 0.29) is 12.0 Å². The molecule has 0 spiro atoms. The van der Waals surface area contributed by atoms with Crippen LogP contribution in [0.15, 0.2) is 6.20 Å². The molecule has 2 aliphatic rings. The first-order valence-corrected chi connectivity index (χ1v) is 11.1. The van der Waals surface area contributed by atoms with E-state index in [9.17, 15) is 0 Å². The summed E-state index contributed by atoms with van der Waals surface area (Å²) in [4.78, 5) is 11.7. The van der Waals surface area contributed by atoms with Crippen molar-refractivity contribution in [2.24, 2.45) is 5.92 Å². The molecular formula is C13H18IN6P. The third-order valence-electron chi connectivity index (χ3n) is 4.32. The van der Waals surface area contributed by atoms with Crippen LogP contribution in [0.25, 0.3) is 0 Å². The van der Waals surface area contributed by atoms with Crippen LogP contribution >= 0.6 is 28.4 Å². The van der Waals surface area contributed by atoms with Gasteiger partial charge in [-0.15, -0.1) is 0 Å². The van der Waals surface area contributed by atoms with Gasteiger partial charge in [-0.05, 0) is 41.8 Å². The molecule has 0 aliphatic carbocycles. The number of fused-ring (bicyclic) bond motifs is 1. The van der Waals surface area contributed by atoms with Gasteiger partial charge in [0.1, 0.15) is 11.5 Å². The predicted octanol–water partition coefficient (Wildman–Crippen LogP) is 2.89. The summed E-state index contributed by atoms with van der Waals surface area (Å²) < 4.78 is 2.19. The second kappa shape index (κ2) is 6.19. The number of piperidine rings is 1. The summed E-state index contributed by atoms with van der Waals surface area (Å²) in [5.41, 5.74) is 1.05. The molecule has 112 valence electrons. The number of aromatic nitrogens is 2. The van der Waals surface area contributed by atoms with Crippen molar-refractivity contribution in [3.05, 3.63) is 11.9 Å². The normalized spacial score (nSPS) is 23.8. The van der Waals surface area contributed by atoms with Crippen LogP contribution in [-0.4, -0.2) is 35.1 Å². The molecule has 2 aliphatic heterocycles. The zero-order chi connectivity index (χ0) is 15.0. The van der Waals surface area contributed by atoms with Crippen LogP contribution in [0.1, 0.15) is 31.5 Å². The van der Waals surface area contributed by atoms with Gasteiger partial charge in [-0.2, -0.15) is 5.26 Å². The minimum atomic E-state index is 0.196. The third-order valence-corrected chi connectivity index (χ3v) is 6.38. The summed E-state index contributed by atoms with van der Waals surface area (Å²) in [5.74, 6) is 2.12. The average molecular weight is 416 g/mol. The van der Waals surface area contributed by atoms with Gasteiger partial charge >= 0.3 is 0 Å². The SMILES string of the molecule is CC1c2ncc(N3CCC(C#N)CC3)nc2N(PI)N1C. The fourth-order valence-corrected chi connectivity index (χ4v) is 5.06. The van der Waals surface area contributed by atoms with E-state index in [0.29, 0.717) is 6.37 Å². The molecule has 21 heavy (non-hydrogen) atoms. The van der Waals surface area contributed by atoms with E-state index in [1.54, 1.807) is 0 Å². The highest BCUT2D eigenvalue weighted by atomic mass is 127. The number of hydrazine groups is 1. The molecule has 8 heteroatoms. The molecule has 3 heterocycles. The smallest absolute Gasteiger partial charge is 0.172 e. The second-order valence-electron chi connectivity index (χ2n) is 5.47. The maximum Gasteiger partial charge on any atom is 0.172 e. The van der Waals surface area contributed by atoms with Crippen LogP contribution < -0.4 is 9.68 Å². The Kier molecular flexibility index (Phi) is 4.48. The first-order chi connectivity index (χ1) is 10.2. The summed E-state index contributed by atoms with van der Waals surface area (Å²) in [6, 6.07) is 2.64. The summed E-state index contributed by atoms with van der Waals surface area (Å²) in [6.45, 7) is 3.94. The van der Waals surface area contributed by atoms with Crippen molar-refractivity contribution in [2.45, 2.75) is 25.8 Å². The van der Waals surface area contributed by atoms with Crippen molar-refractivity contribution in [3.8, 4) is 6.07 Å². The lowest BCUT2D eigenvalue weighted by Gasteiger charge is -2.30. The van der Waals surface area contributed by atoms with E-state index >= 15 is 0 Å². The molecule has 0 saturated carbocycles. The van der Waals surface area contributed by atoms with E-state index in [1.165, 1.54) is 0 Å². The minimum absolute atomic E-state index is 0.196. The van der Waals surface area contributed by atoms with Crippen LogP contribution in [0.5, 0.6) is 0 Å². The fraction of sp³-hybridized carbons (Fsp3) is 0.615. The molecule has 0 aromatic carbocycles. The summed E-state index contributed by atoms with van der Waals surface area (Å²) in [6.07, 6.45) is 4.34. The van der Waals surface area contributed by atoms with Crippen LogP contribution in [0.3, 0.4) is 0 Å². The van der Waals surface area contributed by atoms with Gasteiger partial charge in [-0.1, -0.05) is 0 Å². The van der Waals surface area contributed by atoms with Gasteiger partial charge in [-0.3, -0.25) is 9.76 Å². The van der Waals surface area contributed by atoms with Crippen molar-refractivity contribution in [1.82, 2.24) is 15.0 Å². The number of hydrogen-bond donors (Lipinski definition) is 0. The highest BCUT2D eigenvalue weighted by Gasteiger charge is 2.34. The lowest BCUT2D eigenvalue weighted by atomic mass is 9.99. The molecule has 3 rings (SSSR count). The molecule has 0 N–H and O–H groups in total. The summed E-state index contributed by atoms with van der Waals surface area (Å²) in [5, 5.41) is 11.2. The first-order valence-electron chi connectivity index (χ1n) is 7.06. The summed E-state index contributed by atoms with van der Waals surface area (Å²) in [7, 11) is 2.08. The standard InChI is InChI=1S/C13H18IN6P/c1-9-12-13(20(21-14)18(9)2)17-11(8-16-12)19-5-3-10(7-15)4-6-19/h8-10,21H,3-6H2,1-2H3. The van der Waals surface area contributed by atoms with Crippen LogP contribution in [0.4, 0.5) is 11.6 Å². The fourth-order valence-electron chi connectivity index (χ4n) is 2.82. The number of rotatable bonds is 2. The Balaban J connectivity index is 1.84. The van der Waals surface area contributed by atoms with Crippen molar-refractivity contribution < 1.29 is 0 Å². The Morgan fingerprint density at radius 2 is 2.14 bits per heavy atom. The Hall–Kier alpha value is -0.710. The zero-order valence-electron chi connectivity index (χ0n) is 12.1. The molecular weight excluding hydrogens is 398 g/mol. The van der Waals surface area contributed by atoms with Gasteiger partial charge in [0, 0.05) is 26.1 Å². The van der Waals surface area contributed by atoms with Gasteiger partial charge < -0.3 is 4.90 Å². The number of hydrogen-bond acceptors (Lipinski definition) is 6. The highest BCUT2D eigenvalue weighted by Crippen LogP contribution is 2.45. The Labute approximate surface area is 139 Å². The average Bonchev–Trinajstić information content (AvgIpc) is 2.78. The quantitative estimate of drug-likeness (QED) is 0.546. The van der Waals surface area contributed by atoms with Gasteiger partial charge in [0.25, 0.3) is 0 Å². The Morgan fingerprint density at radius 1 is 1.43 bits per heavy atom. The largest absolute Gasteiger partial charge is 0.355 e. The number of nitriles is 1. The lowest BCUT2D eigenvalue weighted by molar-refractivity contribution is 0.306. The molecule has 1 aromatic rings. The monoisotopic (exact) mass is 416 g/mol. The zero-order valence-corrected chi connectivity index (χ0v) is 15.3. The van der Waals surface area contributed by atoms with E-state index in [1.807, 2.05) is 6.20 Å². The molecule has 1 aromatic heterocycles. The van der Waals surface area contributed by atoms with Crippen LogP contribution in [0.2, 0.25) is 0 Å². The van der Waals surface area contributed by atoms with Gasteiger partial charge in [0.05, 0.1) is 24.7 Å². The maximum absolute atomic E-state index is 8.99. The number of nitrogens with zero attached hydrogens (tertiary/aromatic N) is 6. The van der Waals surface area contributed by atoms with Crippen LogP contribution in [0, 0.1) is 17.2 Å². The van der Waals surface area contributed by atoms with E-state index in [0.717, 1.165) is 43.3 Å². The van der Waals surface area contributed by atoms with E-state index in [4.69, 9.17) is 10.2 Å². The summed E-state index contributed by atoms with van der Waals surface area (Å²) >= 11 is 2.38. The number of halogens is 1. The van der Waals surface area contributed by atoms with Gasteiger partial charge in [0.2, 0.25) is 0 Å². The molecule has 0 amide bonds. The van der Waals surface area contributed by atoms with Crippen molar-refractivity contribution in [2.75, 3.05) is 29.8 Å². The first kappa shape index (κ1) is 15.2.